The van der Waals surface area contributed by atoms with Crippen LogP contribution in [0.25, 0.3) is 0 Å². The fourth-order valence-corrected chi connectivity index (χ4v) is 4.61. The molecule has 1 fully saturated rings. The van der Waals surface area contributed by atoms with Crippen molar-refractivity contribution in [2.75, 3.05) is 18.0 Å². The minimum absolute atomic E-state index is 0.126. The maximum atomic E-state index is 14.5. The number of hydrogen-bond acceptors (Lipinski definition) is 4. The third-order valence-electron chi connectivity index (χ3n) is 6.35. The fourth-order valence-electron chi connectivity index (χ4n) is 4.39. The Kier molecular flexibility index (Phi) is 6.87. The van der Waals surface area contributed by atoms with Crippen LogP contribution in [0.4, 0.5) is 10.1 Å². The minimum atomic E-state index is -1.65. The van der Waals surface area contributed by atoms with Crippen LogP contribution < -0.4 is 4.90 Å². The number of anilines is 1. The monoisotopic (exact) mass is 477 g/mol. The van der Waals surface area contributed by atoms with Gasteiger partial charge >= 0.3 is 0 Å². The van der Waals surface area contributed by atoms with Crippen LogP contribution in [-0.4, -0.2) is 35.0 Å². The highest BCUT2D eigenvalue weighted by Crippen LogP contribution is 2.31. The van der Waals surface area contributed by atoms with Gasteiger partial charge in [-0.15, -0.1) is 0 Å². The van der Waals surface area contributed by atoms with Gasteiger partial charge in [0.2, 0.25) is 0 Å². The molecule has 0 unspecified atom stereocenters. The molecule has 1 amide bonds. The second kappa shape index (κ2) is 9.84. The van der Waals surface area contributed by atoms with Crippen LogP contribution in [0.2, 0.25) is 5.02 Å². The highest BCUT2D eigenvalue weighted by molar-refractivity contribution is 6.32. The standard InChI is InChI=1S/C27H25ClFN3O2/c1-27(34,21-8-3-2-4-9-21)26(33)31-14-13-23(18-31)32(17-20-7-5-6-10-25(20)29)22-12-11-19(16-30)24(28)15-22/h2-12,15,23,34H,13-14,17-18H2,1H3/t23-,27+/m0/s1. The third kappa shape index (κ3) is 4.77. The lowest BCUT2D eigenvalue weighted by atomic mass is 9.94. The predicted octanol–water partition coefficient (Wildman–Crippen LogP) is 4.87. The molecular weight excluding hydrogens is 453 g/mol. The molecule has 5 nitrogen and oxygen atoms in total. The molecule has 3 aromatic carbocycles. The summed E-state index contributed by atoms with van der Waals surface area (Å²) in [4.78, 5) is 16.9. The summed E-state index contributed by atoms with van der Waals surface area (Å²) in [6.07, 6.45) is 0.642. The maximum Gasteiger partial charge on any atom is 0.258 e. The van der Waals surface area contributed by atoms with Crippen LogP contribution in [0.15, 0.2) is 72.8 Å². The van der Waals surface area contributed by atoms with Crippen molar-refractivity contribution < 1.29 is 14.3 Å². The summed E-state index contributed by atoms with van der Waals surface area (Å²) in [5.74, 6) is -0.685. The van der Waals surface area contributed by atoms with Gasteiger partial charge < -0.3 is 14.9 Å². The van der Waals surface area contributed by atoms with Gasteiger partial charge in [0.15, 0.2) is 5.60 Å². The normalized spacial score (nSPS) is 17.1. The Balaban J connectivity index is 1.61. The number of halogens is 2. The zero-order chi connectivity index (χ0) is 24.3. The molecule has 1 saturated heterocycles. The number of nitriles is 1. The number of carbonyl (C=O) groups excluding carboxylic acids is 1. The highest BCUT2D eigenvalue weighted by atomic mass is 35.5. The first-order chi connectivity index (χ1) is 16.3. The third-order valence-corrected chi connectivity index (χ3v) is 6.66. The van der Waals surface area contributed by atoms with E-state index in [1.807, 2.05) is 11.0 Å². The smallest absolute Gasteiger partial charge is 0.258 e. The molecule has 1 heterocycles. The van der Waals surface area contributed by atoms with Crippen LogP contribution >= 0.6 is 11.6 Å². The molecule has 3 aromatic rings. The van der Waals surface area contributed by atoms with Crippen molar-refractivity contribution >= 4 is 23.2 Å². The molecule has 0 bridgehead atoms. The van der Waals surface area contributed by atoms with Crippen LogP contribution in [0, 0.1) is 17.1 Å². The largest absolute Gasteiger partial charge is 0.376 e. The molecule has 4 rings (SSSR count). The number of carbonyl (C=O) groups is 1. The van der Waals surface area contributed by atoms with E-state index in [9.17, 15) is 19.6 Å². The summed E-state index contributed by atoms with van der Waals surface area (Å²) in [6.45, 7) is 2.62. The molecule has 34 heavy (non-hydrogen) atoms. The first-order valence-corrected chi connectivity index (χ1v) is 11.5. The average molecular weight is 478 g/mol. The number of amides is 1. The number of benzene rings is 3. The first kappa shape index (κ1) is 23.7. The van der Waals surface area contributed by atoms with Crippen LogP contribution in [0.3, 0.4) is 0 Å². The first-order valence-electron chi connectivity index (χ1n) is 11.1. The molecule has 1 aliphatic rings. The van der Waals surface area contributed by atoms with E-state index in [4.69, 9.17) is 11.6 Å². The molecule has 7 heteroatoms. The van der Waals surface area contributed by atoms with Crippen LogP contribution in [0.5, 0.6) is 0 Å². The zero-order valence-electron chi connectivity index (χ0n) is 18.8. The Morgan fingerprint density at radius 2 is 1.91 bits per heavy atom. The Hall–Kier alpha value is -3.40. The second-order valence-corrected chi connectivity index (χ2v) is 9.03. The molecule has 1 aliphatic heterocycles. The Morgan fingerprint density at radius 3 is 2.59 bits per heavy atom. The van der Waals surface area contributed by atoms with E-state index >= 15 is 0 Å². The summed E-state index contributed by atoms with van der Waals surface area (Å²) >= 11 is 6.30. The Labute approximate surface area is 203 Å². The van der Waals surface area contributed by atoms with E-state index in [-0.39, 0.29) is 24.3 Å². The molecule has 2 atom stereocenters. The van der Waals surface area contributed by atoms with E-state index in [1.54, 1.807) is 65.6 Å². The number of aliphatic hydroxyl groups is 1. The van der Waals surface area contributed by atoms with Gasteiger partial charge in [0, 0.05) is 36.9 Å². The van der Waals surface area contributed by atoms with E-state index in [2.05, 4.69) is 6.07 Å². The quantitative estimate of drug-likeness (QED) is 0.550. The highest BCUT2D eigenvalue weighted by Gasteiger charge is 2.40. The molecule has 174 valence electrons. The molecule has 1 N–H and O–H groups in total. The average Bonchev–Trinajstić information content (AvgIpc) is 3.33. The minimum Gasteiger partial charge on any atom is -0.376 e. The zero-order valence-corrected chi connectivity index (χ0v) is 19.5. The summed E-state index contributed by atoms with van der Waals surface area (Å²) in [5, 5.41) is 20.6. The summed E-state index contributed by atoms with van der Waals surface area (Å²) < 4.78 is 14.5. The van der Waals surface area contributed by atoms with E-state index in [0.717, 1.165) is 5.69 Å². The van der Waals surface area contributed by atoms with Crippen molar-refractivity contribution in [3.63, 3.8) is 0 Å². The van der Waals surface area contributed by atoms with Gasteiger partial charge in [-0.25, -0.2) is 4.39 Å². The van der Waals surface area contributed by atoms with Gasteiger partial charge in [0.25, 0.3) is 5.91 Å². The van der Waals surface area contributed by atoms with Crippen molar-refractivity contribution in [3.8, 4) is 6.07 Å². The van der Waals surface area contributed by atoms with Crippen molar-refractivity contribution in [2.24, 2.45) is 0 Å². The van der Waals surface area contributed by atoms with E-state index in [1.165, 1.54) is 13.0 Å². The van der Waals surface area contributed by atoms with Gasteiger partial charge in [-0.1, -0.05) is 60.1 Å². The maximum absolute atomic E-state index is 14.5. The molecule has 0 radical (unpaired) electrons. The topological polar surface area (TPSA) is 67.6 Å². The van der Waals surface area contributed by atoms with Crippen molar-refractivity contribution in [1.82, 2.24) is 4.90 Å². The van der Waals surface area contributed by atoms with E-state index in [0.29, 0.717) is 41.2 Å². The van der Waals surface area contributed by atoms with E-state index < -0.39 is 5.60 Å². The lowest BCUT2D eigenvalue weighted by molar-refractivity contribution is -0.149. The molecular formula is C27H25ClFN3O2. The van der Waals surface area contributed by atoms with Gasteiger partial charge in [-0.3, -0.25) is 4.79 Å². The predicted molar refractivity (Wildman–Crippen MR) is 130 cm³/mol. The number of hydrogen-bond donors (Lipinski definition) is 1. The van der Waals surface area contributed by atoms with Gasteiger partial charge in [-0.2, -0.15) is 5.26 Å². The Bertz CT molecular complexity index is 1230. The number of rotatable bonds is 6. The van der Waals surface area contributed by atoms with Crippen LogP contribution in [0.1, 0.15) is 30.0 Å². The second-order valence-electron chi connectivity index (χ2n) is 8.63. The summed E-state index contributed by atoms with van der Waals surface area (Å²) in [6, 6.07) is 22.5. The van der Waals surface area contributed by atoms with Crippen molar-refractivity contribution in [1.29, 1.82) is 5.26 Å². The Morgan fingerprint density at radius 1 is 1.21 bits per heavy atom. The van der Waals surface area contributed by atoms with Crippen LogP contribution in [-0.2, 0) is 16.9 Å². The van der Waals surface area contributed by atoms with Gasteiger partial charge in [0.05, 0.1) is 10.6 Å². The molecule has 0 aliphatic carbocycles. The fraction of sp³-hybridized carbons (Fsp3) is 0.259. The lowest BCUT2D eigenvalue weighted by Gasteiger charge is -2.33. The van der Waals surface area contributed by atoms with Gasteiger partial charge in [-0.05, 0) is 43.2 Å². The molecule has 0 spiro atoms. The summed E-state index contributed by atoms with van der Waals surface area (Å²) in [5.41, 5.74) is 0.499. The number of likely N-dealkylation sites (tertiary alicyclic amines) is 1. The van der Waals surface area contributed by atoms with Crippen molar-refractivity contribution in [2.45, 2.75) is 31.5 Å². The van der Waals surface area contributed by atoms with Crippen molar-refractivity contribution in [3.05, 3.63) is 100 Å². The number of nitrogens with zero attached hydrogens (tertiary/aromatic N) is 3. The molecule has 0 saturated carbocycles. The molecule has 0 aromatic heterocycles. The SMILES string of the molecule is C[C@](O)(C(=O)N1CC[C@H](N(Cc2ccccc2F)c2ccc(C#N)c(Cl)c2)C1)c1ccccc1. The lowest BCUT2D eigenvalue weighted by Crippen LogP contribution is -2.46. The van der Waals surface area contributed by atoms with Gasteiger partial charge in [0.1, 0.15) is 11.9 Å². The summed E-state index contributed by atoms with van der Waals surface area (Å²) in [7, 11) is 0.